The maximum absolute atomic E-state index is 2.50. The summed E-state index contributed by atoms with van der Waals surface area (Å²) < 4.78 is 0. The molecular formula is C33H38. The minimum Gasteiger partial charge on any atom is -0.0772 e. The first kappa shape index (κ1) is 23.3. The van der Waals surface area contributed by atoms with Gasteiger partial charge in [0.2, 0.25) is 0 Å². The van der Waals surface area contributed by atoms with Gasteiger partial charge in [-0.05, 0) is 82.2 Å². The second-order valence-electron chi connectivity index (χ2n) is 10.2. The van der Waals surface area contributed by atoms with E-state index in [-0.39, 0.29) is 5.41 Å². The topological polar surface area (TPSA) is 0 Å². The van der Waals surface area contributed by atoms with E-state index in [9.17, 15) is 0 Å². The molecule has 0 N–H and O–H groups in total. The Morgan fingerprint density at radius 3 is 1.24 bits per heavy atom. The second-order valence-corrected chi connectivity index (χ2v) is 10.2. The van der Waals surface area contributed by atoms with Crippen LogP contribution in [0.5, 0.6) is 0 Å². The number of hydrogen-bond acceptors (Lipinski definition) is 0. The van der Waals surface area contributed by atoms with Crippen LogP contribution in [0.15, 0.2) is 77.9 Å². The SMILES string of the molecule is CCCC1=CCC=C1C(c1cc(C)cc(C)c1)(c1cc(C)cc(C)c1)c1cc(C)cc(C)c1. The van der Waals surface area contributed by atoms with E-state index in [4.69, 9.17) is 0 Å². The monoisotopic (exact) mass is 434 g/mol. The fourth-order valence-electron chi connectivity index (χ4n) is 6.00. The first-order valence-electron chi connectivity index (χ1n) is 12.4. The van der Waals surface area contributed by atoms with Crippen molar-refractivity contribution in [3.05, 3.63) is 128 Å². The van der Waals surface area contributed by atoms with Gasteiger partial charge >= 0.3 is 0 Å². The average Bonchev–Trinajstić information content (AvgIpc) is 3.15. The highest BCUT2D eigenvalue weighted by Gasteiger charge is 2.42. The van der Waals surface area contributed by atoms with Crippen molar-refractivity contribution in [1.82, 2.24) is 0 Å². The Balaban J connectivity index is 2.20. The van der Waals surface area contributed by atoms with Gasteiger partial charge in [0.05, 0.1) is 5.41 Å². The molecule has 0 atom stereocenters. The fraction of sp³-hybridized carbons (Fsp3) is 0.333. The van der Waals surface area contributed by atoms with Crippen molar-refractivity contribution in [2.75, 3.05) is 0 Å². The van der Waals surface area contributed by atoms with Gasteiger partial charge in [0.15, 0.2) is 0 Å². The normalized spacial score (nSPS) is 13.8. The largest absolute Gasteiger partial charge is 0.0772 e. The van der Waals surface area contributed by atoms with Gasteiger partial charge in [-0.3, -0.25) is 0 Å². The van der Waals surface area contributed by atoms with Crippen LogP contribution in [0.25, 0.3) is 0 Å². The van der Waals surface area contributed by atoms with Crippen LogP contribution < -0.4 is 0 Å². The van der Waals surface area contributed by atoms with E-state index in [1.807, 2.05) is 0 Å². The van der Waals surface area contributed by atoms with Gasteiger partial charge in [-0.15, -0.1) is 0 Å². The molecule has 4 rings (SSSR count). The fourth-order valence-corrected chi connectivity index (χ4v) is 6.00. The van der Waals surface area contributed by atoms with Crippen molar-refractivity contribution in [2.45, 2.75) is 73.1 Å². The molecule has 0 radical (unpaired) electrons. The molecule has 0 fully saturated rings. The van der Waals surface area contributed by atoms with Gasteiger partial charge in [0.1, 0.15) is 0 Å². The van der Waals surface area contributed by atoms with E-state index >= 15 is 0 Å². The third-order valence-corrected chi connectivity index (χ3v) is 6.92. The third-order valence-electron chi connectivity index (χ3n) is 6.92. The van der Waals surface area contributed by atoms with E-state index in [1.165, 1.54) is 61.2 Å². The molecular weight excluding hydrogens is 396 g/mol. The summed E-state index contributed by atoms with van der Waals surface area (Å²) in [5.74, 6) is 0. The lowest BCUT2D eigenvalue weighted by Crippen LogP contribution is -2.33. The average molecular weight is 435 g/mol. The zero-order valence-electron chi connectivity index (χ0n) is 21.5. The molecule has 0 nitrogen and oxygen atoms in total. The molecule has 170 valence electrons. The lowest BCUT2D eigenvalue weighted by atomic mass is 9.62. The van der Waals surface area contributed by atoms with E-state index in [2.05, 4.69) is 115 Å². The predicted octanol–water partition coefficient (Wildman–Crippen LogP) is 8.93. The Bertz CT molecular complexity index is 1060. The molecule has 0 aliphatic heterocycles. The van der Waals surface area contributed by atoms with Gasteiger partial charge in [0.25, 0.3) is 0 Å². The number of benzene rings is 3. The molecule has 0 saturated heterocycles. The van der Waals surface area contributed by atoms with Crippen molar-refractivity contribution >= 4 is 0 Å². The van der Waals surface area contributed by atoms with Gasteiger partial charge in [-0.25, -0.2) is 0 Å². The van der Waals surface area contributed by atoms with Crippen LogP contribution in [0.2, 0.25) is 0 Å². The van der Waals surface area contributed by atoms with Crippen molar-refractivity contribution in [3.8, 4) is 0 Å². The van der Waals surface area contributed by atoms with E-state index in [0.29, 0.717) is 0 Å². The van der Waals surface area contributed by atoms with Crippen LogP contribution in [0.4, 0.5) is 0 Å². The Labute approximate surface area is 201 Å². The Morgan fingerprint density at radius 2 is 0.909 bits per heavy atom. The molecule has 0 heterocycles. The molecule has 1 aliphatic carbocycles. The first-order chi connectivity index (χ1) is 15.7. The van der Waals surface area contributed by atoms with Gasteiger partial charge < -0.3 is 0 Å². The summed E-state index contributed by atoms with van der Waals surface area (Å²) in [6.45, 7) is 15.7. The summed E-state index contributed by atoms with van der Waals surface area (Å²) in [7, 11) is 0. The van der Waals surface area contributed by atoms with Crippen LogP contribution in [0.1, 0.15) is 76.3 Å². The molecule has 0 bridgehead atoms. The maximum atomic E-state index is 2.50. The lowest BCUT2D eigenvalue weighted by molar-refractivity contribution is 0.714. The van der Waals surface area contributed by atoms with Crippen molar-refractivity contribution in [2.24, 2.45) is 0 Å². The molecule has 0 amide bonds. The van der Waals surface area contributed by atoms with Crippen LogP contribution in [-0.4, -0.2) is 0 Å². The van der Waals surface area contributed by atoms with Gasteiger partial charge in [-0.1, -0.05) is 113 Å². The van der Waals surface area contributed by atoms with Crippen molar-refractivity contribution in [3.63, 3.8) is 0 Å². The summed E-state index contributed by atoms with van der Waals surface area (Å²) >= 11 is 0. The molecule has 0 aromatic heterocycles. The minimum atomic E-state index is -0.332. The zero-order valence-corrected chi connectivity index (χ0v) is 21.5. The Morgan fingerprint density at radius 1 is 0.545 bits per heavy atom. The minimum absolute atomic E-state index is 0.332. The van der Waals surface area contributed by atoms with Crippen LogP contribution in [0.3, 0.4) is 0 Å². The van der Waals surface area contributed by atoms with Crippen LogP contribution in [-0.2, 0) is 5.41 Å². The summed E-state index contributed by atoms with van der Waals surface area (Å²) in [6.07, 6.45) is 8.26. The molecule has 33 heavy (non-hydrogen) atoms. The third kappa shape index (κ3) is 4.36. The van der Waals surface area contributed by atoms with E-state index < -0.39 is 0 Å². The van der Waals surface area contributed by atoms with Crippen LogP contribution in [0, 0.1) is 41.5 Å². The highest BCUT2D eigenvalue weighted by atomic mass is 14.4. The number of hydrogen-bond donors (Lipinski definition) is 0. The standard InChI is InChI=1S/C33H38/c1-8-10-28-11-9-12-32(28)33(29-16-22(2)13-23(3)17-29,30-18-24(4)14-25(5)19-30)31-20-26(6)15-27(7)21-31/h11-21H,8-10H2,1-7H3. The van der Waals surface area contributed by atoms with Gasteiger partial charge in [0, 0.05) is 0 Å². The Hall–Kier alpha value is -2.86. The molecule has 0 saturated carbocycles. The lowest BCUT2D eigenvalue weighted by Gasteiger charge is -2.40. The van der Waals surface area contributed by atoms with Crippen LogP contribution >= 0.6 is 0 Å². The highest BCUT2D eigenvalue weighted by molar-refractivity contribution is 5.66. The molecule has 3 aromatic carbocycles. The maximum Gasteiger partial charge on any atom is 0.0701 e. The molecule has 3 aromatic rings. The van der Waals surface area contributed by atoms with E-state index in [1.54, 1.807) is 0 Å². The smallest absolute Gasteiger partial charge is 0.0701 e. The van der Waals surface area contributed by atoms with E-state index in [0.717, 1.165) is 19.3 Å². The summed E-state index contributed by atoms with van der Waals surface area (Å²) in [4.78, 5) is 0. The number of aryl methyl sites for hydroxylation is 6. The molecule has 1 aliphatic rings. The number of allylic oxidation sites excluding steroid dienone is 4. The van der Waals surface area contributed by atoms with Crippen molar-refractivity contribution in [1.29, 1.82) is 0 Å². The number of rotatable bonds is 6. The Kier molecular flexibility index (Phi) is 6.48. The molecule has 0 spiro atoms. The quantitative estimate of drug-likeness (QED) is 0.340. The molecule has 0 unspecified atom stereocenters. The summed E-state index contributed by atoms with van der Waals surface area (Å²) in [5.41, 5.74) is 14.7. The first-order valence-corrected chi connectivity index (χ1v) is 12.4. The van der Waals surface area contributed by atoms with Gasteiger partial charge in [-0.2, -0.15) is 0 Å². The molecule has 0 heteroatoms. The predicted molar refractivity (Wildman–Crippen MR) is 143 cm³/mol. The second kappa shape index (κ2) is 9.18. The highest BCUT2D eigenvalue weighted by Crippen LogP contribution is 2.51. The van der Waals surface area contributed by atoms with Crippen molar-refractivity contribution < 1.29 is 0 Å². The summed E-state index contributed by atoms with van der Waals surface area (Å²) in [6, 6.07) is 21.4. The summed E-state index contributed by atoms with van der Waals surface area (Å²) in [5, 5.41) is 0. The zero-order chi connectivity index (χ0) is 23.8.